The van der Waals surface area contributed by atoms with E-state index < -0.39 is 0 Å². The summed E-state index contributed by atoms with van der Waals surface area (Å²) >= 11 is 3.71. The molecule has 1 saturated heterocycles. The molecule has 2 aliphatic rings. The molecule has 16 heavy (non-hydrogen) atoms. The molecule has 2 fully saturated rings. The third kappa shape index (κ3) is 2.64. The van der Waals surface area contributed by atoms with Crippen molar-refractivity contribution in [3.05, 3.63) is 0 Å². The molecule has 1 saturated carbocycles. The molecule has 1 nitrogen and oxygen atoms in total. The molecule has 1 heterocycles. The van der Waals surface area contributed by atoms with E-state index in [0.29, 0.717) is 15.8 Å². The minimum absolute atomic E-state index is 0.301. The van der Waals surface area contributed by atoms with E-state index in [1.807, 2.05) is 0 Å². The Morgan fingerprint density at radius 3 is 2.62 bits per heavy atom. The molecule has 0 aromatic carbocycles. The van der Waals surface area contributed by atoms with Gasteiger partial charge in [-0.1, -0.05) is 36.7 Å². The highest BCUT2D eigenvalue weighted by molar-refractivity contribution is 9.09. The van der Waals surface area contributed by atoms with Gasteiger partial charge in [-0.3, -0.25) is 0 Å². The van der Waals surface area contributed by atoms with E-state index in [9.17, 15) is 0 Å². The largest absolute Gasteiger partial charge is 0.375 e. The van der Waals surface area contributed by atoms with E-state index in [1.165, 1.54) is 38.5 Å². The third-order valence-corrected chi connectivity index (χ3v) is 4.99. The molecule has 2 atom stereocenters. The number of hydrogen-bond donors (Lipinski definition) is 0. The summed E-state index contributed by atoms with van der Waals surface area (Å²) < 4.78 is 6.02. The molecule has 0 amide bonds. The molecule has 1 aliphatic heterocycles. The first-order valence-corrected chi connectivity index (χ1v) is 7.63. The minimum Gasteiger partial charge on any atom is -0.375 e. The van der Waals surface area contributed by atoms with Gasteiger partial charge in [0.15, 0.2) is 0 Å². The van der Waals surface area contributed by atoms with Crippen LogP contribution in [0.25, 0.3) is 0 Å². The normalized spacial score (nSPS) is 31.1. The Hall–Kier alpha value is 0.440. The van der Waals surface area contributed by atoms with Gasteiger partial charge in [-0.15, -0.1) is 0 Å². The fourth-order valence-electron chi connectivity index (χ4n) is 3.51. The lowest BCUT2D eigenvalue weighted by atomic mass is 9.64. The first-order chi connectivity index (χ1) is 7.44. The summed E-state index contributed by atoms with van der Waals surface area (Å²) in [5.41, 5.74) is 0.755. The summed E-state index contributed by atoms with van der Waals surface area (Å²) in [7, 11) is 0. The molecule has 1 spiro atoms. The van der Waals surface area contributed by atoms with Crippen molar-refractivity contribution >= 4 is 15.9 Å². The van der Waals surface area contributed by atoms with E-state index in [1.54, 1.807) is 0 Å². The van der Waals surface area contributed by atoms with Crippen molar-refractivity contribution in [2.75, 3.05) is 6.61 Å². The van der Waals surface area contributed by atoms with Crippen LogP contribution in [-0.2, 0) is 4.74 Å². The summed E-state index contributed by atoms with van der Waals surface area (Å²) in [6.07, 6.45) is 7.83. The Morgan fingerprint density at radius 1 is 1.44 bits per heavy atom. The van der Waals surface area contributed by atoms with Crippen LogP contribution < -0.4 is 0 Å². The standard InChI is InChI=1S/C14H25BrO/c1-11(15)9-13(2,3)12-5-8-16-14(10-12)6-4-7-14/h11-12H,4-10H2,1-3H3. The maximum absolute atomic E-state index is 6.02. The van der Waals surface area contributed by atoms with Gasteiger partial charge in [0.1, 0.15) is 0 Å². The average Bonchev–Trinajstić information content (AvgIpc) is 2.14. The maximum Gasteiger partial charge on any atom is 0.0685 e. The molecule has 94 valence electrons. The van der Waals surface area contributed by atoms with Crippen molar-refractivity contribution in [3.8, 4) is 0 Å². The topological polar surface area (TPSA) is 9.23 Å². The van der Waals surface area contributed by atoms with E-state index in [2.05, 4.69) is 36.7 Å². The molecular formula is C14H25BrO. The number of ether oxygens (including phenoxy) is 1. The predicted molar refractivity (Wildman–Crippen MR) is 72.0 cm³/mol. The monoisotopic (exact) mass is 288 g/mol. The van der Waals surface area contributed by atoms with Gasteiger partial charge in [0, 0.05) is 11.4 Å². The number of rotatable bonds is 3. The predicted octanol–water partition coefficient (Wildman–Crippen LogP) is 4.54. The Bertz CT molecular complexity index is 243. The SMILES string of the molecule is CC(Br)CC(C)(C)C1CCOC2(CCC2)C1. The molecule has 2 unspecified atom stereocenters. The van der Waals surface area contributed by atoms with Gasteiger partial charge in [-0.05, 0) is 49.9 Å². The molecule has 0 bridgehead atoms. The lowest BCUT2D eigenvalue weighted by Crippen LogP contribution is -2.48. The van der Waals surface area contributed by atoms with E-state index in [4.69, 9.17) is 4.74 Å². The Balaban J connectivity index is 1.97. The van der Waals surface area contributed by atoms with Crippen LogP contribution in [-0.4, -0.2) is 17.0 Å². The van der Waals surface area contributed by atoms with Crippen LogP contribution in [0.1, 0.15) is 59.3 Å². The first-order valence-electron chi connectivity index (χ1n) is 6.72. The summed E-state index contributed by atoms with van der Waals surface area (Å²) in [5, 5.41) is 0. The molecule has 2 heteroatoms. The Kier molecular flexibility index (Phi) is 3.71. The highest BCUT2D eigenvalue weighted by Crippen LogP contribution is 2.50. The van der Waals surface area contributed by atoms with Crippen LogP contribution in [0.3, 0.4) is 0 Å². The van der Waals surface area contributed by atoms with Gasteiger partial charge in [-0.25, -0.2) is 0 Å². The molecular weight excluding hydrogens is 264 g/mol. The highest BCUT2D eigenvalue weighted by Gasteiger charge is 2.46. The fraction of sp³-hybridized carbons (Fsp3) is 1.00. The zero-order valence-electron chi connectivity index (χ0n) is 10.9. The number of hydrogen-bond acceptors (Lipinski definition) is 1. The summed E-state index contributed by atoms with van der Waals surface area (Å²) in [4.78, 5) is 0.627. The Morgan fingerprint density at radius 2 is 2.12 bits per heavy atom. The van der Waals surface area contributed by atoms with E-state index >= 15 is 0 Å². The van der Waals surface area contributed by atoms with Crippen LogP contribution >= 0.6 is 15.9 Å². The van der Waals surface area contributed by atoms with Gasteiger partial charge in [-0.2, -0.15) is 0 Å². The van der Waals surface area contributed by atoms with Gasteiger partial charge >= 0.3 is 0 Å². The Labute approximate surface area is 108 Å². The maximum atomic E-state index is 6.02. The molecule has 0 radical (unpaired) electrons. The fourth-order valence-corrected chi connectivity index (χ4v) is 4.34. The lowest BCUT2D eigenvalue weighted by Gasteiger charge is -2.51. The second-order valence-corrected chi connectivity index (χ2v) is 8.11. The minimum atomic E-state index is 0.301. The van der Waals surface area contributed by atoms with Crippen LogP contribution in [0.5, 0.6) is 0 Å². The number of halogens is 1. The van der Waals surface area contributed by atoms with E-state index in [0.717, 1.165) is 12.5 Å². The van der Waals surface area contributed by atoms with Gasteiger partial charge in [0.2, 0.25) is 0 Å². The zero-order valence-corrected chi connectivity index (χ0v) is 12.5. The molecule has 0 aromatic rings. The zero-order chi connectivity index (χ0) is 11.8. The van der Waals surface area contributed by atoms with Gasteiger partial charge in [0.25, 0.3) is 0 Å². The molecule has 1 aliphatic carbocycles. The van der Waals surface area contributed by atoms with Crippen molar-refractivity contribution in [3.63, 3.8) is 0 Å². The highest BCUT2D eigenvalue weighted by atomic mass is 79.9. The second kappa shape index (κ2) is 4.61. The van der Waals surface area contributed by atoms with Crippen LogP contribution in [0.2, 0.25) is 0 Å². The van der Waals surface area contributed by atoms with E-state index in [-0.39, 0.29) is 0 Å². The number of alkyl halides is 1. The van der Waals surface area contributed by atoms with Gasteiger partial charge < -0.3 is 4.74 Å². The van der Waals surface area contributed by atoms with Crippen LogP contribution in [0, 0.1) is 11.3 Å². The van der Waals surface area contributed by atoms with Gasteiger partial charge in [0.05, 0.1) is 5.60 Å². The average molecular weight is 289 g/mol. The third-order valence-electron chi connectivity index (χ3n) is 4.67. The van der Waals surface area contributed by atoms with Crippen molar-refractivity contribution in [2.24, 2.45) is 11.3 Å². The van der Waals surface area contributed by atoms with Crippen molar-refractivity contribution in [1.29, 1.82) is 0 Å². The summed E-state index contributed by atoms with van der Waals surface area (Å²) in [6, 6.07) is 0. The molecule has 0 aromatic heterocycles. The molecule has 2 rings (SSSR count). The second-order valence-electron chi connectivity index (χ2n) is 6.55. The van der Waals surface area contributed by atoms with Crippen LogP contribution in [0.15, 0.2) is 0 Å². The summed E-state index contributed by atoms with van der Waals surface area (Å²) in [6.45, 7) is 8.13. The smallest absolute Gasteiger partial charge is 0.0685 e. The van der Waals surface area contributed by atoms with Crippen molar-refractivity contribution in [2.45, 2.75) is 69.7 Å². The molecule has 0 N–H and O–H groups in total. The summed E-state index contributed by atoms with van der Waals surface area (Å²) in [5.74, 6) is 0.849. The first kappa shape index (κ1) is 12.9. The van der Waals surface area contributed by atoms with Crippen molar-refractivity contribution in [1.82, 2.24) is 0 Å². The lowest BCUT2D eigenvalue weighted by molar-refractivity contribution is -0.157. The van der Waals surface area contributed by atoms with Crippen LogP contribution in [0.4, 0.5) is 0 Å². The van der Waals surface area contributed by atoms with Crippen molar-refractivity contribution < 1.29 is 4.74 Å². The quantitative estimate of drug-likeness (QED) is 0.693.